The summed E-state index contributed by atoms with van der Waals surface area (Å²) in [5.41, 5.74) is 9.18. The molecule has 1 aromatic carbocycles. The molecule has 0 unspecified atom stereocenters. The van der Waals surface area contributed by atoms with Gasteiger partial charge in [0.2, 0.25) is 5.91 Å². The second kappa shape index (κ2) is 8.78. The molecule has 2 heterocycles. The zero-order chi connectivity index (χ0) is 21.8. The van der Waals surface area contributed by atoms with Crippen molar-refractivity contribution >= 4 is 23.1 Å². The molecule has 7 nitrogen and oxygen atoms in total. The van der Waals surface area contributed by atoms with E-state index < -0.39 is 5.41 Å². The number of nitrogens with one attached hydrogen (secondary N) is 2. The Bertz CT molecular complexity index is 1070. The number of anilines is 1. The van der Waals surface area contributed by atoms with Crippen LogP contribution in [0.2, 0.25) is 0 Å². The van der Waals surface area contributed by atoms with E-state index in [9.17, 15) is 9.59 Å². The summed E-state index contributed by atoms with van der Waals surface area (Å²) in [5.74, 6) is 1.87. The molecule has 2 amide bonds. The summed E-state index contributed by atoms with van der Waals surface area (Å²) in [6.07, 6.45) is 14.3. The molecule has 0 atom stereocenters. The minimum atomic E-state index is -0.756. The van der Waals surface area contributed by atoms with Gasteiger partial charge in [0.25, 0.3) is 5.91 Å². The molecule has 0 spiro atoms. The Morgan fingerprint density at radius 2 is 2.06 bits per heavy atom. The highest BCUT2D eigenvalue weighted by Gasteiger charge is 2.40. The van der Waals surface area contributed by atoms with Gasteiger partial charge in [-0.25, -0.2) is 4.98 Å². The van der Waals surface area contributed by atoms with Gasteiger partial charge in [0.1, 0.15) is 5.69 Å². The van der Waals surface area contributed by atoms with Gasteiger partial charge < -0.3 is 20.8 Å². The van der Waals surface area contributed by atoms with Crippen LogP contribution in [0, 0.1) is 12.3 Å². The van der Waals surface area contributed by atoms with E-state index >= 15 is 0 Å². The maximum Gasteiger partial charge on any atom is 0.291 e. The second-order valence-electron chi connectivity index (χ2n) is 8.04. The SMILES string of the molecule is C#Cc1cnc(C(=O)Nc2ccc(C3(C(N)=O)CCOCC3)cc2C2=CCCCC2)[nH]1. The molecule has 31 heavy (non-hydrogen) atoms. The molecule has 4 rings (SSSR count). The number of nitrogens with two attached hydrogens (primary N) is 1. The lowest BCUT2D eigenvalue weighted by Crippen LogP contribution is -2.45. The fraction of sp³-hybridized carbons (Fsp3) is 0.375. The highest BCUT2D eigenvalue weighted by atomic mass is 16.5. The fourth-order valence-electron chi connectivity index (χ4n) is 4.39. The summed E-state index contributed by atoms with van der Waals surface area (Å²) in [6.45, 7) is 0.991. The van der Waals surface area contributed by atoms with Gasteiger partial charge in [0, 0.05) is 24.5 Å². The van der Waals surface area contributed by atoms with E-state index in [2.05, 4.69) is 27.3 Å². The molecular formula is C24H26N4O3. The molecule has 1 aromatic heterocycles. The third-order valence-corrected chi connectivity index (χ3v) is 6.22. The molecule has 0 radical (unpaired) electrons. The number of hydrogen-bond acceptors (Lipinski definition) is 4. The summed E-state index contributed by atoms with van der Waals surface area (Å²) in [6, 6.07) is 5.74. The first-order valence-electron chi connectivity index (χ1n) is 10.6. The quantitative estimate of drug-likeness (QED) is 0.648. The van der Waals surface area contributed by atoms with Crippen LogP contribution in [0.4, 0.5) is 5.69 Å². The van der Waals surface area contributed by atoms with Crippen molar-refractivity contribution in [3.05, 3.63) is 53.1 Å². The van der Waals surface area contributed by atoms with Crippen molar-refractivity contribution in [2.24, 2.45) is 5.73 Å². The third kappa shape index (κ3) is 4.12. The van der Waals surface area contributed by atoms with Crippen molar-refractivity contribution in [2.75, 3.05) is 18.5 Å². The minimum Gasteiger partial charge on any atom is -0.381 e. The largest absolute Gasteiger partial charge is 0.381 e. The number of ether oxygens (including phenoxy) is 1. The smallest absolute Gasteiger partial charge is 0.291 e. The van der Waals surface area contributed by atoms with Crippen LogP contribution in [0.3, 0.4) is 0 Å². The van der Waals surface area contributed by atoms with Crippen LogP contribution in [0.25, 0.3) is 5.57 Å². The molecule has 4 N–H and O–H groups in total. The second-order valence-corrected chi connectivity index (χ2v) is 8.04. The lowest BCUT2D eigenvalue weighted by atomic mass is 9.72. The van der Waals surface area contributed by atoms with Crippen LogP contribution < -0.4 is 11.1 Å². The zero-order valence-electron chi connectivity index (χ0n) is 17.4. The number of primary amides is 1. The minimum absolute atomic E-state index is 0.152. The van der Waals surface area contributed by atoms with Gasteiger partial charge in [-0.05, 0) is 61.8 Å². The van der Waals surface area contributed by atoms with E-state index in [1.165, 1.54) is 11.8 Å². The standard InChI is InChI=1S/C24H26N4O3/c1-2-18-15-26-21(27-18)22(29)28-20-9-8-17(14-19(20)16-6-4-3-5-7-16)24(23(25)30)10-12-31-13-11-24/h1,6,8-9,14-15H,3-5,7,10-13H2,(H2,25,30)(H,26,27)(H,28,29). The normalized spacial score (nSPS) is 18.0. The summed E-state index contributed by atoms with van der Waals surface area (Å²) in [7, 11) is 0. The molecule has 1 aliphatic carbocycles. The maximum absolute atomic E-state index is 12.8. The number of H-pyrrole nitrogens is 1. The number of allylic oxidation sites excluding steroid dienone is 2. The molecule has 2 aromatic rings. The monoisotopic (exact) mass is 418 g/mol. The Labute approximate surface area is 181 Å². The van der Waals surface area contributed by atoms with E-state index in [4.69, 9.17) is 16.9 Å². The van der Waals surface area contributed by atoms with E-state index in [1.807, 2.05) is 18.2 Å². The van der Waals surface area contributed by atoms with Crippen molar-refractivity contribution < 1.29 is 14.3 Å². The first-order valence-corrected chi connectivity index (χ1v) is 10.6. The molecular weight excluding hydrogens is 392 g/mol. The number of aromatic nitrogens is 2. The van der Waals surface area contributed by atoms with Gasteiger partial charge in [-0.3, -0.25) is 9.59 Å². The number of benzene rings is 1. The summed E-state index contributed by atoms with van der Waals surface area (Å²) >= 11 is 0. The Balaban J connectivity index is 1.73. The Morgan fingerprint density at radius 3 is 2.71 bits per heavy atom. The molecule has 1 fully saturated rings. The molecule has 0 saturated carbocycles. The first kappa shape index (κ1) is 20.9. The van der Waals surface area contributed by atoms with Crippen LogP contribution in [-0.4, -0.2) is 35.0 Å². The van der Waals surface area contributed by atoms with Crippen molar-refractivity contribution in [1.29, 1.82) is 0 Å². The number of nitrogens with zero attached hydrogens (tertiary/aromatic N) is 1. The van der Waals surface area contributed by atoms with Crippen molar-refractivity contribution in [3.8, 4) is 12.3 Å². The van der Waals surface area contributed by atoms with Crippen LogP contribution in [-0.2, 0) is 14.9 Å². The van der Waals surface area contributed by atoms with Crippen molar-refractivity contribution in [3.63, 3.8) is 0 Å². The van der Waals surface area contributed by atoms with Gasteiger partial charge in [-0.1, -0.05) is 18.1 Å². The number of amides is 2. The highest BCUT2D eigenvalue weighted by molar-refractivity contribution is 6.03. The van der Waals surface area contributed by atoms with Crippen molar-refractivity contribution in [2.45, 2.75) is 43.9 Å². The molecule has 2 aliphatic rings. The summed E-state index contributed by atoms with van der Waals surface area (Å²) < 4.78 is 5.48. The van der Waals surface area contributed by atoms with Gasteiger partial charge in [0.05, 0.1) is 11.6 Å². The third-order valence-electron chi connectivity index (χ3n) is 6.22. The van der Waals surface area contributed by atoms with Gasteiger partial charge in [-0.2, -0.15) is 0 Å². The molecule has 160 valence electrons. The predicted molar refractivity (Wildman–Crippen MR) is 118 cm³/mol. The van der Waals surface area contributed by atoms with Crippen molar-refractivity contribution in [1.82, 2.24) is 9.97 Å². The van der Waals surface area contributed by atoms with E-state index in [-0.39, 0.29) is 17.6 Å². The van der Waals surface area contributed by atoms with Gasteiger partial charge >= 0.3 is 0 Å². The number of carbonyl (C=O) groups excluding carboxylic acids is 2. The number of hydrogen-bond donors (Lipinski definition) is 3. The topological polar surface area (TPSA) is 110 Å². The molecule has 1 saturated heterocycles. The number of rotatable bonds is 5. The number of carbonyl (C=O) groups is 2. The lowest BCUT2D eigenvalue weighted by molar-refractivity contribution is -0.127. The molecule has 0 bridgehead atoms. The number of terminal acetylenes is 1. The summed E-state index contributed by atoms with van der Waals surface area (Å²) in [5, 5.41) is 2.95. The average molecular weight is 418 g/mol. The van der Waals surface area contributed by atoms with E-state index in [0.717, 1.165) is 36.8 Å². The first-order chi connectivity index (χ1) is 15.0. The average Bonchev–Trinajstić information content (AvgIpc) is 3.30. The summed E-state index contributed by atoms with van der Waals surface area (Å²) in [4.78, 5) is 32.1. The lowest BCUT2D eigenvalue weighted by Gasteiger charge is -2.35. The van der Waals surface area contributed by atoms with E-state index in [1.54, 1.807) is 0 Å². The van der Waals surface area contributed by atoms with Crippen LogP contribution in [0.1, 0.15) is 66.0 Å². The number of imidazole rings is 1. The Kier molecular flexibility index (Phi) is 5.92. The van der Waals surface area contributed by atoms with E-state index in [0.29, 0.717) is 37.4 Å². The van der Waals surface area contributed by atoms with Gasteiger partial charge in [0.15, 0.2) is 5.82 Å². The maximum atomic E-state index is 12.8. The van der Waals surface area contributed by atoms with Crippen LogP contribution >= 0.6 is 0 Å². The highest BCUT2D eigenvalue weighted by Crippen LogP contribution is 2.39. The zero-order valence-corrected chi connectivity index (χ0v) is 17.4. The molecule has 7 heteroatoms. The fourth-order valence-corrected chi connectivity index (χ4v) is 4.39. The molecule has 1 aliphatic heterocycles. The Hall–Kier alpha value is -3.37. The van der Waals surface area contributed by atoms with Gasteiger partial charge in [-0.15, -0.1) is 6.42 Å². The van der Waals surface area contributed by atoms with Crippen LogP contribution in [0.5, 0.6) is 0 Å². The van der Waals surface area contributed by atoms with Crippen LogP contribution in [0.15, 0.2) is 30.5 Å². The predicted octanol–water partition coefficient (Wildman–Crippen LogP) is 3.13. The Morgan fingerprint density at radius 1 is 1.26 bits per heavy atom. The number of aromatic amines is 1.